The van der Waals surface area contributed by atoms with Crippen molar-refractivity contribution in [3.05, 3.63) is 48.0 Å². The molecule has 1 unspecified atom stereocenters. The number of nitrogens with zero attached hydrogens (tertiary/aromatic N) is 2. The number of benzene rings is 2. The molecule has 1 atom stereocenters. The van der Waals surface area contributed by atoms with Crippen LogP contribution in [0.5, 0.6) is 5.75 Å². The number of hydrogen-bond donors (Lipinski definition) is 1. The molecule has 2 aromatic rings. The van der Waals surface area contributed by atoms with Crippen molar-refractivity contribution in [3.63, 3.8) is 0 Å². The van der Waals surface area contributed by atoms with Crippen LogP contribution in [0.2, 0.25) is 0 Å². The van der Waals surface area contributed by atoms with Crippen molar-refractivity contribution >= 4 is 16.3 Å². The maximum atomic E-state index is 10.5. The van der Waals surface area contributed by atoms with Crippen molar-refractivity contribution < 1.29 is 14.6 Å². The van der Waals surface area contributed by atoms with E-state index in [1.54, 1.807) is 0 Å². The molecule has 1 fully saturated rings. The second-order valence-electron chi connectivity index (χ2n) is 9.25. The van der Waals surface area contributed by atoms with Gasteiger partial charge in [0.05, 0.1) is 13.2 Å². The number of hydrogen-bond acceptors (Lipinski definition) is 5. The van der Waals surface area contributed by atoms with Crippen molar-refractivity contribution in [3.8, 4) is 5.75 Å². The standard InChI is InChI=1S/C26H36N2O3/c1-27(2)17-20-7-11-28(12-8-20)18-25(29)19-31-26-6-5-21-3-4-23(15-24(21)16-26)22-9-13-30-14-10-22/h3-6,9,15-16,20,25,29H,7-8,10-14,17-19H2,1-2H3. The van der Waals surface area contributed by atoms with E-state index in [0.717, 1.165) is 44.3 Å². The molecular formula is C26H36N2O3. The molecule has 2 aliphatic rings. The van der Waals surface area contributed by atoms with Gasteiger partial charge in [-0.05, 0) is 92.5 Å². The minimum atomic E-state index is -0.472. The van der Waals surface area contributed by atoms with E-state index in [2.05, 4.69) is 60.3 Å². The summed E-state index contributed by atoms with van der Waals surface area (Å²) in [7, 11) is 4.28. The molecule has 5 heteroatoms. The highest BCUT2D eigenvalue weighted by Crippen LogP contribution is 2.27. The molecule has 1 saturated heterocycles. The summed E-state index contributed by atoms with van der Waals surface area (Å²) in [5, 5.41) is 12.9. The Kier molecular flexibility index (Phi) is 7.62. The quantitative estimate of drug-likeness (QED) is 0.701. The van der Waals surface area contributed by atoms with Gasteiger partial charge >= 0.3 is 0 Å². The molecule has 2 heterocycles. The Morgan fingerprint density at radius 2 is 1.94 bits per heavy atom. The van der Waals surface area contributed by atoms with Gasteiger partial charge in [0.15, 0.2) is 0 Å². The summed E-state index contributed by atoms with van der Waals surface area (Å²) in [5.41, 5.74) is 2.61. The van der Waals surface area contributed by atoms with Gasteiger partial charge < -0.3 is 24.4 Å². The summed E-state index contributed by atoms with van der Waals surface area (Å²) >= 11 is 0. The van der Waals surface area contributed by atoms with Gasteiger partial charge in [-0.2, -0.15) is 0 Å². The van der Waals surface area contributed by atoms with Gasteiger partial charge in [0, 0.05) is 13.1 Å². The predicted molar refractivity (Wildman–Crippen MR) is 127 cm³/mol. The molecule has 31 heavy (non-hydrogen) atoms. The van der Waals surface area contributed by atoms with Crippen molar-refractivity contribution in [1.82, 2.24) is 9.80 Å². The van der Waals surface area contributed by atoms with Gasteiger partial charge in [-0.3, -0.25) is 0 Å². The average molecular weight is 425 g/mol. The van der Waals surface area contributed by atoms with Crippen LogP contribution in [0.4, 0.5) is 0 Å². The first-order valence-corrected chi connectivity index (χ1v) is 11.6. The van der Waals surface area contributed by atoms with Gasteiger partial charge in [0.1, 0.15) is 18.5 Å². The van der Waals surface area contributed by atoms with Gasteiger partial charge in [-0.1, -0.05) is 24.3 Å². The highest BCUT2D eigenvalue weighted by molar-refractivity contribution is 5.87. The third-order valence-electron chi connectivity index (χ3n) is 6.39. The largest absolute Gasteiger partial charge is 0.491 e. The van der Waals surface area contributed by atoms with Crippen molar-refractivity contribution in [1.29, 1.82) is 0 Å². The number of fused-ring (bicyclic) bond motifs is 1. The summed E-state index contributed by atoms with van der Waals surface area (Å²) in [6, 6.07) is 12.8. The van der Waals surface area contributed by atoms with Crippen LogP contribution in [-0.4, -0.2) is 81.1 Å². The Morgan fingerprint density at radius 3 is 2.68 bits per heavy atom. The summed E-state index contributed by atoms with van der Waals surface area (Å²) < 4.78 is 11.4. The third-order valence-corrected chi connectivity index (χ3v) is 6.39. The molecule has 0 amide bonds. The van der Waals surface area contributed by atoms with Crippen LogP contribution in [-0.2, 0) is 4.74 Å². The first-order chi connectivity index (χ1) is 15.1. The summed E-state index contributed by atoms with van der Waals surface area (Å²) in [5.74, 6) is 1.59. The highest BCUT2D eigenvalue weighted by atomic mass is 16.5. The fourth-order valence-electron chi connectivity index (χ4n) is 4.71. The smallest absolute Gasteiger partial charge is 0.120 e. The van der Waals surface area contributed by atoms with Gasteiger partial charge in [-0.15, -0.1) is 0 Å². The normalized spacial score (nSPS) is 19.5. The second kappa shape index (κ2) is 10.6. The van der Waals surface area contributed by atoms with E-state index >= 15 is 0 Å². The van der Waals surface area contributed by atoms with E-state index in [1.165, 1.54) is 34.8 Å². The summed E-state index contributed by atoms with van der Waals surface area (Å²) in [4.78, 5) is 4.64. The molecular weight excluding hydrogens is 388 g/mol. The zero-order valence-corrected chi connectivity index (χ0v) is 18.9. The monoisotopic (exact) mass is 424 g/mol. The molecule has 2 aliphatic heterocycles. The first kappa shape index (κ1) is 22.3. The van der Waals surface area contributed by atoms with Gasteiger partial charge in [-0.25, -0.2) is 0 Å². The number of β-amino-alcohol motifs (C(OH)–C–C–N with tert-alkyl or cyclic N) is 1. The highest BCUT2D eigenvalue weighted by Gasteiger charge is 2.21. The topological polar surface area (TPSA) is 45.2 Å². The minimum Gasteiger partial charge on any atom is -0.491 e. The van der Waals surface area contributed by atoms with Crippen LogP contribution in [0.15, 0.2) is 42.5 Å². The van der Waals surface area contributed by atoms with Gasteiger partial charge in [0.25, 0.3) is 0 Å². The maximum Gasteiger partial charge on any atom is 0.120 e. The lowest BCUT2D eigenvalue weighted by Gasteiger charge is -2.34. The van der Waals surface area contributed by atoms with Crippen molar-refractivity contribution in [2.24, 2.45) is 5.92 Å². The lowest BCUT2D eigenvalue weighted by atomic mass is 9.96. The van der Waals surface area contributed by atoms with E-state index in [-0.39, 0.29) is 0 Å². The van der Waals surface area contributed by atoms with E-state index in [4.69, 9.17) is 9.47 Å². The van der Waals surface area contributed by atoms with Crippen LogP contribution >= 0.6 is 0 Å². The van der Waals surface area contributed by atoms with Crippen LogP contribution in [0.1, 0.15) is 24.8 Å². The van der Waals surface area contributed by atoms with E-state index in [0.29, 0.717) is 19.8 Å². The predicted octanol–water partition coefficient (Wildman–Crippen LogP) is 3.66. The van der Waals surface area contributed by atoms with Crippen LogP contribution in [0.25, 0.3) is 16.3 Å². The van der Waals surface area contributed by atoms with Crippen LogP contribution in [0.3, 0.4) is 0 Å². The molecule has 2 aromatic carbocycles. The fraction of sp³-hybridized carbons (Fsp3) is 0.538. The SMILES string of the molecule is CN(C)CC1CCN(CC(O)COc2ccc3ccc(C4=CCOCC4)cc3c2)CC1. The summed E-state index contributed by atoms with van der Waals surface area (Å²) in [6.45, 7) is 5.78. The lowest BCUT2D eigenvalue weighted by molar-refractivity contribution is 0.0529. The maximum absolute atomic E-state index is 10.5. The molecule has 0 saturated carbocycles. The third kappa shape index (κ3) is 6.30. The average Bonchev–Trinajstić information content (AvgIpc) is 2.79. The number of aliphatic hydroxyl groups is 1. The molecule has 0 aromatic heterocycles. The van der Waals surface area contributed by atoms with E-state index < -0.39 is 6.10 Å². The molecule has 1 N–H and O–H groups in total. The number of piperidine rings is 1. The molecule has 0 bridgehead atoms. The number of rotatable bonds is 8. The first-order valence-electron chi connectivity index (χ1n) is 11.6. The zero-order valence-electron chi connectivity index (χ0n) is 18.9. The number of aliphatic hydroxyl groups excluding tert-OH is 1. The van der Waals surface area contributed by atoms with E-state index in [9.17, 15) is 5.11 Å². The van der Waals surface area contributed by atoms with Gasteiger partial charge in [0.2, 0.25) is 0 Å². The second-order valence-corrected chi connectivity index (χ2v) is 9.25. The Hall–Kier alpha value is -1.92. The van der Waals surface area contributed by atoms with E-state index in [1.807, 2.05) is 6.07 Å². The minimum absolute atomic E-state index is 0.325. The van der Waals surface area contributed by atoms with Crippen LogP contribution in [0, 0.1) is 5.92 Å². The number of ether oxygens (including phenoxy) is 2. The van der Waals surface area contributed by atoms with Crippen molar-refractivity contribution in [2.45, 2.75) is 25.4 Å². The van der Waals surface area contributed by atoms with Crippen molar-refractivity contribution in [2.75, 3.05) is 60.1 Å². The Labute approximate surface area is 186 Å². The molecule has 0 radical (unpaired) electrons. The zero-order chi connectivity index (χ0) is 21.6. The fourth-order valence-corrected chi connectivity index (χ4v) is 4.71. The lowest BCUT2D eigenvalue weighted by Crippen LogP contribution is -2.42. The number of likely N-dealkylation sites (tertiary alicyclic amines) is 1. The molecule has 0 aliphatic carbocycles. The summed E-state index contributed by atoms with van der Waals surface area (Å²) in [6.07, 6.45) is 5.08. The Balaban J connectivity index is 1.30. The molecule has 0 spiro atoms. The Bertz CT molecular complexity index is 887. The Morgan fingerprint density at radius 1 is 1.13 bits per heavy atom. The molecule has 168 valence electrons. The van der Waals surface area contributed by atoms with Crippen LogP contribution < -0.4 is 4.74 Å². The molecule has 5 nitrogen and oxygen atoms in total. The molecule has 4 rings (SSSR count).